The van der Waals surface area contributed by atoms with Crippen molar-refractivity contribution in [2.45, 2.75) is 13.8 Å². The van der Waals surface area contributed by atoms with Crippen LogP contribution in [0.1, 0.15) is 28.7 Å². The van der Waals surface area contributed by atoms with E-state index in [9.17, 15) is 4.79 Å². The van der Waals surface area contributed by atoms with Crippen LogP contribution in [0.15, 0.2) is 47.6 Å². The van der Waals surface area contributed by atoms with E-state index in [-0.39, 0.29) is 5.91 Å². The number of rotatable bonds is 4. The molecule has 0 saturated carbocycles. The number of aromatic amines is 1. The number of allylic oxidation sites excluding steroid dienone is 1. The zero-order chi connectivity index (χ0) is 14.4. The summed E-state index contributed by atoms with van der Waals surface area (Å²) < 4.78 is 0. The second-order valence-electron chi connectivity index (χ2n) is 4.37. The van der Waals surface area contributed by atoms with Gasteiger partial charge >= 0.3 is 0 Å². The number of hydrazone groups is 1. The summed E-state index contributed by atoms with van der Waals surface area (Å²) >= 11 is 0. The minimum Gasteiger partial charge on any atom is -0.282 e. The summed E-state index contributed by atoms with van der Waals surface area (Å²) in [6, 6.07) is 11.6. The Labute approximate surface area is 117 Å². The average molecular weight is 268 g/mol. The maximum Gasteiger partial charge on any atom is 0.291 e. The molecular formula is C15H16N4O. The molecule has 5 nitrogen and oxygen atoms in total. The van der Waals surface area contributed by atoms with Gasteiger partial charge in [0.1, 0.15) is 0 Å². The molecule has 0 aliphatic rings. The Kier molecular flexibility index (Phi) is 4.44. The van der Waals surface area contributed by atoms with Gasteiger partial charge in [-0.05, 0) is 31.6 Å². The molecule has 2 N–H and O–H groups in total. The van der Waals surface area contributed by atoms with E-state index < -0.39 is 0 Å². The van der Waals surface area contributed by atoms with Crippen LogP contribution < -0.4 is 5.43 Å². The number of amides is 1. The number of aromatic nitrogens is 2. The van der Waals surface area contributed by atoms with Crippen LogP contribution in [-0.2, 0) is 0 Å². The van der Waals surface area contributed by atoms with Crippen molar-refractivity contribution in [2.75, 3.05) is 0 Å². The highest BCUT2D eigenvalue weighted by atomic mass is 16.2. The van der Waals surface area contributed by atoms with Gasteiger partial charge in [0.15, 0.2) is 5.69 Å². The molecule has 0 saturated heterocycles. The molecule has 2 aromatic rings. The van der Waals surface area contributed by atoms with E-state index in [2.05, 4.69) is 20.7 Å². The number of H-pyrrole nitrogens is 1. The third kappa shape index (κ3) is 3.91. The molecule has 0 aliphatic carbocycles. The van der Waals surface area contributed by atoms with Gasteiger partial charge in [0.05, 0.1) is 5.71 Å². The van der Waals surface area contributed by atoms with Crippen molar-refractivity contribution in [1.29, 1.82) is 0 Å². The van der Waals surface area contributed by atoms with Gasteiger partial charge in [0, 0.05) is 5.69 Å². The second-order valence-corrected chi connectivity index (χ2v) is 4.37. The number of nitrogens with zero attached hydrogens (tertiary/aromatic N) is 2. The normalized spacial score (nSPS) is 11.8. The number of carbonyl (C=O) groups is 1. The summed E-state index contributed by atoms with van der Waals surface area (Å²) in [7, 11) is 0. The fourth-order valence-corrected chi connectivity index (χ4v) is 1.55. The molecule has 0 aliphatic heterocycles. The molecule has 1 heterocycles. The lowest BCUT2D eigenvalue weighted by atomic mass is 10.2. The molecule has 0 spiro atoms. The Balaban J connectivity index is 1.94. The fourth-order valence-electron chi connectivity index (χ4n) is 1.55. The minimum absolute atomic E-state index is 0.325. The second kappa shape index (κ2) is 6.47. The molecule has 20 heavy (non-hydrogen) atoms. The van der Waals surface area contributed by atoms with Crippen molar-refractivity contribution in [1.82, 2.24) is 15.6 Å². The lowest BCUT2D eigenvalue weighted by molar-refractivity contribution is 0.0950. The van der Waals surface area contributed by atoms with E-state index in [1.54, 1.807) is 6.07 Å². The summed E-state index contributed by atoms with van der Waals surface area (Å²) in [6.07, 6.45) is 3.77. The topological polar surface area (TPSA) is 70.1 Å². The smallest absolute Gasteiger partial charge is 0.282 e. The van der Waals surface area contributed by atoms with Crippen LogP contribution in [0.5, 0.6) is 0 Å². The standard InChI is InChI=1S/C15H16N4O/c1-11(8-9-13-6-4-3-5-7-13)16-19-15(20)14-10-12(2)17-18-14/h3-10H,1-2H3,(H,17,18)(H,19,20). The largest absolute Gasteiger partial charge is 0.291 e. The highest BCUT2D eigenvalue weighted by Gasteiger charge is 2.07. The summed E-state index contributed by atoms with van der Waals surface area (Å²) in [5.41, 5.74) is 5.40. The van der Waals surface area contributed by atoms with E-state index in [4.69, 9.17) is 0 Å². The Morgan fingerprint density at radius 2 is 2.10 bits per heavy atom. The number of hydrogen-bond donors (Lipinski definition) is 2. The third-order valence-electron chi connectivity index (χ3n) is 2.59. The van der Waals surface area contributed by atoms with Crippen LogP contribution in [0.2, 0.25) is 0 Å². The van der Waals surface area contributed by atoms with Gasteiger partial charge in [-0.2, -0.15) is 10.2 Å². The Hall–Kier alpha value is -2.69. The summed E-state index contributed by atoms with van der Waals surface area (Å²) in [6.45, 7) is 3.65. The zero-order valence-electron chi connectivity index (χ0n) is 11.4. The molecular weight excluding hydrogens is 252 g/mol. The van der Waals surface area contributed by atoms with E-state index in [0.717, 1.165) is 11.3 Å². The van der Waals surface area contributed by atoms with Gasteiger partial charge in [-0.15, -0.1) is 0 Å². The first kappa shape index (κ1) is 13.7. The maximum absolute atomic E-state index is 11.7. The lowest BCUT2D eigenvalue weighted by Crippen LogP contribution is -2.19. The molecule has 102 valence electrons. The number of nitrogens with one attached hydrogen (secondary N) is 2. The van der Waals surface area contributed by atoms with Crippen molar-refractivity contribution >= 4 is 17.7 Å². The van der Waals surface area contributed by atoms with Gasteiger partial charge in [0.2, 0.25) is 0 Å². The first-order valence-corrected chi connectivity index (χ1v) is 6.25. The minimum atomic E-state index is -0.332. The van der Waals surface area contributed by atoms with Crippen molar-refractivity contribution in [2.24, 2.45) is 5.10 Å². The molecule has 1 aromatic heterocycles. The summed E-state index contributed by atoms with van der Waals surface area (Å²) in [4.78, 5) is 11.7. The van der Waals surface area contributed by atoms with Crippen LogP contribution >= 0.6 is 0 Å². The molecule has 0 radical (unpaired) electrons. The Morgan fingerprint density at radius 1 is 1.35 bits per heavy atom. The van der Waals surface area contributed by atoms with Crippen molar-refractivity contribution in [3.63, 3.8) is 0 Å². The van der Waals surface area contributed by atoms with Crippen LogP contribution in [-0.4, -0.2) is 21.8 Å². The van der Waals surface area contributed by atoms with Crippen molar-refractivity contribution in [3.05, 3.63) is 59.4 Å². The van der Waals surface area contributed by atoms with Crippen LogP contribution in [0, 0.1) is 6.92 Å². The number of aryl methyl sites for hydroxylation is 1. The predicted molar refractivity (Wildman–Crippen MR) is 79.4 cm³/mol. The number of carbonyl (C=O) groups excluding carboxylic acids is 1. The molecule has 0 atom stereocenters. The quantitative estimate of drug-likeness (QED) is 0.660. The molecule has 1 aromatic carbocycles. The van der Waals surface area contributed by atoms with E-state index in [1.807, 2.05) is 56.3 Å². The van der Waals surface area contributed by atoms with Gasteiger partial charge in [0.25, 0.3) is 5.91 Å². The Bertz CT molecular complexity index is 641. The number of benzene rings is 1. The molecule has 2 rings (SSSR count). The third-order valence-corrected chi connectivity index (χ3v) is 2.59. The van der Waals surface area contributed by atoms with E-state index >= 15 is 0 Å². The highest BCUT2D eigenvalue weighted by molar-refractivity contribution is 5.98. The van der Waals surface area contributed by atoms with Crippen LogP contribution in [0.3, 0.4) is 0 Å². The van der Waals surface area contributed by atoms with E-state index in [1.165, 1.54) is 0 Å². The SMILES string of the molecule is CC(C=Cc1ccccc1)=NNC(=O)c1cc(C)[nH]n1. The van der Waals surface area contributed by atoms with E-state index in [0.29, 0.717) is 11.4 Å². The first-order valence-electron chi connectivity index (χ1n) is 6.25. The molecule has 0 fully saturated rings. The van der Waals surface area contributed by atoms with Gasteiger partial charge in [-0.25, -0.2) is 5.43 Å². The first-order chi connectivity index (χ1) is 9.65. The van der Waals surface area contributed by atoms with Gasteiger partial charge < -0.3 is 0 Å². The highest BCUT2D eigenvalue weighted by Crippen LogP contribution is 2.01. The zero-order valence-corrected chi connectivity index (χ0v) is 11.4. The average Bonchev–Trinajstić information content (AvgIpc) is 2.90. The van der Waals surface area contributed by atoms with Crippen molar-refractivity contribution in [3.8, 4) is 0 Å². The Morgan fingerprint density at radius 3 is 2.75 bits per heavy atom. The molecule has 0 unspecified atom stereocenters. The molecule has 1 amide bonds. The van der Waals surface area contributed by atoms with Crippen molar-refractivity contribution < 1.29 is 4.79 Å². The lowest BCUT2D eigenvalue weighted by Gasteiger charge is -1.96. The monoisotopic (exact) mass is 268 g/mol. The van der Waals surface area contributed by atoms with Crippen LogP contribution in [0.4, 0.5) is 0 Å². The predicted octanol–water partition coefficient (Wildman–Crippen LogP) is 2.54. The maximum atomic E-state index is 11.7. The van der Waals surface area contributed by atoms with Gasteiger partial charge in [-0.3, -0.25) is 9.89 Å². The molecule has 0 bridgehead atoms. The fraction of sp³-hybridized carbons (Fsp3) is 0.133. The number of hydrogen-bond acceptors (Lipinski definition) is 3. The molecule has 5 heteroatoms. The summed E-state index contributed by atoms with van der Waals surface area (Å²) in [5.74, 6) is -0.332. The summed E-state index contributed by atoms with van der Waals surface area (Å²) in [5, 5.41) is 10.6. The van der Waals surface area contributed by atoms with Gasteiger partial charge in [-0.1, -0.05) is 36.4 Å². The van der Waals surface area contributed by atoms with Crippen LogP contribution in [0.25, 0.3) is 6.08 Å².